The van der Waals surface area contributed by atoms with Crippen LogP contribution < -0.4 is 15.0 Å². The van der Waals surface area contributed by atoms with Crippen LogP contribution in [0.1, 0.15) is 31.7 Å². The maximum Gasteiger partial charge on any atom is 0.265 e. The maximum absolute atomic E-state index is 13.2. The molecule has 2 aliphatic heterocycles. The van der Waals surface area contributed by atoms with Gasteiger partial charge >= 0.3 is 0 Å². The van der Waals surface area contributed by atoms with Gasteiger partial charge < -0.3 is 19.7 Å². The summed E-state index contributed by atoms with van der Waals surface area (Å²) in [5, 5.41) is 11.8. The van der Waals surface area contributed by atoms with E-state index < -0.39 is 22.0 Å². The van der Waals surface area contributed by atoms with Gasteiger partial charge in [0.05, 0.1) is 41.1 Å². The van der Waals surface area contributed by atoms with Crippen molar-refractivity contribution in [2.24, 2.45) is 0 Å². The second-order valence-corrected chi connectivity index (χ2v) is 10.6. The van der Waals surface area contributed by atoms with Crippen molar-refractivity contribution in [2.45, 2.75) is 37.2 Å². The number of anilines is 2. The Morgan fingerprint density at radius 2 is 1.74 bits per heavy atom. The number of sulfonamides is 1. The lowest BCUT2D eigenvalue weighted by Gasteiger charge is -2.31. The molecule has 0 bridgehead atoms. The van der Waals surface area contributed by atoms with Gasteiger partial charge in [0.15, 0.2) is 6.10 Å². The average molecular weight is 499 g/mol. The van der Waals surface area contributed by atoms with Crippen LogP contribution >= 0.6 is 0 Å². The normalized spacial score (nSPS) is 17.9. The Hall–Kier alpha value is -3.13. The first-order chi connectivity index (χ1) is 16.9. The molecule has 10 heteroatoms. The quantitative estimate of drug-likeness (QED) is 0.625. The van der Waals surface area contributed by atoms with Gasteiger partial charge in [-0.3, -0.25) is 4.79 Å². The van der Waals surface area contributed by atoms with Crippen LogP contribution in [0.2, 0.25) is 0 Å². The standard InChI is InChI=1S/C25H30N4O5S/c1-19(34-21-7-5-20(18-26)6-8-21)25(30)27-23-17-22(35(31,32)29-13-15-33-16-14-29)9-10-24(23)28-11-3-2-4-12-28/h5-10,17,19H,2-4,11-16H2,1H3,(H,27,30)/t19-/m0/s1. The molecule has 9 nitrogen and oxygen atoms in total. The smallest absolute Gasteiger partial charge is 0.265 e. The number of carbonyl (C=O) groups is 1. The molecular weight excluding hydrogens is 468 g/mol. The van der Waals surface area contributed by atoms with E-state index in [-0.39, 0.29) is 4.90 Å². The van der Waals surface area contributed by atoms with E-state index in [2.05, 4.69) is 10.2 Å². The zero-order valence-electron chi connectivity index (χ0n) is 19.8. The molecule has 0 radical (unpaired) electrons. The second-order valence-electron chi connectivity index (χ2n) is 8.63. The molecule has 0 spiro atoms. The number of hydrogen-bond donors (Lipinski definition) is 1. The number of amides is 1. The number of nitriles is 1. The number of rotatable bonds is 7. The molecule has 1 N–H and O–H groups in total. The van der Waals surface area contributed by atoms with E-state index in [4.69, 9.17) is 14.7 Å². The second kappa shape index (κ2) is 11.1. The monoisotopic (exact) mass is 498 g/mol. The van der Waals surface area contributed by atoms with Crippen molar-refractivity contribution in [1.82, 2.24) is 4.31 Å². The Bertz CT molecular complexity index is 1180. The summed E-state index contributed by atoms with van der Waals surface area (Å²) in [5.41, 5.74) is 1.74. The van der Waals surface area contributed by atoms with E-state index >= 15 is 0 Å². The SMILES string of the molecule is C[C@H](Oc1ccc(C#N)cc1)C(=O)Nc1cc(S(=O)(=O)N2CCOCC2)ccc1N1CCCCC1. The molecule has 2 saturated heterocycles. The van der Waals surface area contributed by atoms with Crippen LogP contribution in [0.25, 0.3) is 0 Å². The number of hydrogen-bond acceptors (Lipinski definition) is 7. The molecule has 0 unspecified atom stereocenters. The highest BCUT2D eigenvalue weighted by atomic mass is 32.2. The zero-order chi connectivity index (χ0) is 24.8. The summed E-state index contributed by atoms with van der Waals surface area (Å²) in [6, 6.07) is 13.5. The van der Waals surface area contributed by atoms with E-state index in [1.54, 1.807) is 49.4 Å². The van der Waals surface area contributed by atoms with Crippen molar-refractivity contribution >= 4 is 27.3 Å². The minimum absolute atomic E-state index is 0.135. The van der Waals surface area contributed by atoms with Crippen LogP contribution in [0.5, 0.6) is 5.75 Å². The molecule has 0 saturated carbocycles. The van der Waals surface area contributed by atoms with E-state index in [0.29, 0.717) is 43.3 Å². The van der Waals surface area contributed by atoms with Gasteiger partial charge in [-0.15, -0.1) is 0 Å². The van der Waals surface area contributed by atoms with E-state index in [9.17, 15) is 13.2 Å². The van der Waals surface area contributed by atoms with Crippen molar-refractivity contribution in [1.29, 1.82) is 5.26 Å². The Kier molecular flexibility index (Phi) is 7.90. The van der Waals surface area contributed by atoms with Crippen LogP contribution in [0.4, 0.5) is 11.4 Å². The highest BCUT2D eigenvalue weighted by Crippen LogP contribution is 2.32. The summed E-state index contributed by atoms with van der Waals surface area (Å²) in [6.45, 7) is 4.63. The molecule has 186 valence electrons. The van der Waals surface area contributed by atoms with Crippen LogP contribution in [-0.2, 0) is 19.6 Å². The van der Waals surface area contributed by atoms with Gasteiger partial charge in [0.25, 0.3) is 5.91 Å². The van der Waals surface area contributed by atoms with Crippen molar-refractivity contribution < 1.29 is 22.7 Å². The number of nitrogens with zero attached hydrogens (tertiary/aromatic N) is 3. The molecule has 1 atom stereocenters. The van der Waals surface area contributed by atoms with Crippen LogP contribution in [0.3, 0.4) is 0 Å². The molecule has 2 fully saturated rings. The lowest BCUT2D eigenvalue weighted by atomic mass is 10.1. The lowest BCUT2D eigenvalue weighted by Crippen LogP contribution is -2.40. The number of carbonyl (C=O) groups excluding carboxylic acids is 1. The summed E-state index contributed by atoms with van der Waals surface area (Å²) < 4.78 is 38.9. The van der Waals surface area contributed by atoms with E-state index in [1.807, 2.05) is 6.07 Å². The van der Waals surface area contributed by atoms with E-state index in [0.717, 1.165) is 38.0 Å². The Labute approximate surface area is 206 Å². The summed E-state index contributed by atoms with van der Waals surface area (Å²) in [5.74, 6) is 0.0695. The number of ether oxygens (including phenoxy) is 2. The fourth-order valence-electron chi connectivity index (χ4n) is 4.22. The third-order valence-electron chi connectivity index (χ3n) is 6.20. The van der Waals surface area contributed by atoms with Gasteiger partial charge in [-0.05, 0) is 68.7 Å². The maximum atomic E-state index is 13.2. The summed E-state index contributed by atoms with van der Waals surface area (Å²) in [7, 11) is -3.72. The fraction of sp³-hybridized carbons (Fsp3) is 0.440. The van der Waals surface area contributed by atoms with Gasteiger partial charge in [0, 0.05) is 26.2 Å². The van der Waals surface area contributed by atoms with Crippen LogP contribution in [0, 0.1) is 11.3 Å². The Balaban J connectivity index is 1.58. The molecule has 1 amide bonds. The number of nitrogens with one attached hydrogen (secondary N) is 1. The van der Waals surface area contributed by atoms with Gasteiger partial charge in [-0.25, -0.2) is 8.42 Å². The zero-order valence-corrected chi connectivity index (χ0v) is 20.6. The predicted molar refractivity (Wildman–Crippen MR) is 132 cm³/mol. The highest BCUT2D eigenvalue weighted by molar-refractivity contribution is 7.89. The number of piperidine rings is 1. The van der Waals surface area contributed by atoms with Crippen LogP contribution in [0.15, 0.2) is 47.4 Å². The van der Waals surface area contributed by atoms with Gasteiger partial charge in [0.1, 0.15) is 5.75 Å². The Morgan fingerprint density at radius 3 is 2.40 bits per heavy atom. The Morgan fingerprint density at radius 1 is 1.06 bits per heavy atom. The van der Waals surface area contributed by atoms with Gasteiger partial charge in [-0.2, -0.15) is 9.57 Å². The van der Waals surface area contributed by atoms with Crippen molar-refractivity contribution in [3.05, 3.63) is 48.0 Å². The molecule has 2 aromatic rings. The van der Waals surface area contributed by atoms with Gasteiger partial charge in [0.2, 0.25) is 10.0 Å². The molecule has 35 heavy (non-hydrogen) atoms. The molecule has 2 aromatic carbocycles. The highest BCUT2D eigenvalue weighted by Gasteiger charge is 2.28. The fourth-order valence-corrected chi connectivity index (χ4v) is 5.66. The summed E-state index contributed by atoms with van der Waals surface area (Å²) in [4.78, 5) is 15.4. The van der Waals surface area contributed by atoms with Crippen molar-refractivity contribution in [3.63, 3.8) is 0 Å². The third-order valence-corrected chi connectivity index (χ3v) is 8.09. The largest absolute Gasteiger partial charge is 0.481 e. The molecule has 0 aliphatic carbocycles. The van der Waals surface area contributed by atoms with Crippen LogP contribution in [-0.4, -0.2) is 64.1 Å². The molecule has 4 rings (SSSR count). The molecule has 2 heterocycles. The van der Waals surface area contributed by atoms with Gasteiger partial charge in [-0.1, -0.05) is 0 Å². The first kappa shape index (κ1) is 25.0. The van der Waals surface area contributed by atoms with E-state index in [1.165, 1.54) is 4.31 Å². The first-order valence-electron chi connectivity index (χ1n) is 11.8. The summed E-state index contributed by atoms with van der Waals surface area (Å²) in [6.07, 6.45) is 2.40. The minimum atomic E-state index is -3.72. The molecular formula is C25H30N4O5S. The number of benzene rings is 2. The lowest BCUT2D eigenvalue weighted by molar-refractivity contribution is -0.122. The van der Waals surface area contributed by atoms with Crippen molar-refractivity contribution in [2.75, 3.05) is 49.6 Å². The molecule has 0 aromatic heterocycles. The number of morpholine rings is 1. The third kappa shape index (κ3) is 5.93. The average Bonchev–Trinajstić information content (AvgIpc) is 2.90. The minimum Gasteiger partial charge on any atom is -0.481 e. The molecule has 2 aliphatic rings. The topological polar surface area (TPSA) is 112 Å². The summed E-state index contributed by atoms with van der Waals surface area (Å²) >= 11 is 0. The predicted octanol–water partition coefficient (Wildman–Crippen LogP) is 2.98. The van der Waals surface area contributed by atoms with Crippen molar-refractivity contribution in [3.8, 4) is 11.8 Å². The first-order valence-corrected chi connectivity index (χ1v) is 13.3.